The predicted octanol–water partition coefficient (Wildman–Crippen LogP) is 3.94. The van der Waals surface area contributed by atoms with E-state index in [0.29, 0.717) is 5.92 Å². The molecule has 1 N–H and O–H groups in total. The molecule has 0 aromatic heterocycles. The highest BCUT2D eigenvalue weighted by molar-refractivity contribution is 7.98. The lowest BCUT2D eigenvalue weighted by atomic mass is 9.95. The molecule has 1 aromatic carbocycles. The maximum absolute atomic E-state index is 10.2. The third-order valence-electron chi connectivity index (χ3n) is 3.19. The highest BCUT2D eigenvalue weighted by Gasteiger charge is 2.24. The lowest BCUT2D eigenvalue weighted by Gasteiger charge is -2.27. The summed E-state index contributed by atoms with van der Waals surface area (Å²) >= 11 is 1.81. The van der Waals surface area contributed by atoms with Crippen LogP contribution in [0.4, 0.5) is 0 Å². The van der Waals surface area contributed by atoms with Gasteiger partial charge >= 0.3 is 0 Å². The van der Waals surface area contributed by atoms with Gasteiger partial charge in [-0.15, -0.1) is 0 Å². The average Bonchev–Trinajstić information content (AvgIpc) is 2.15. The first kappa shape index (κ1) is 14.6. The maximum Gasteiger partial charge on any atom is 0.0732 e. The molecule has 0 aliphatic rings. The van der Waals surface area contributed by atoms with Gasteiger partial charge in [-0.3, -0.25) is 0 Å². The lowest BCUT2D eigenvalue weighted by Crippen LogP contribution is -2.33. The third-order valence-corrected chi connectivity index (χ3v) is 4.51. The quantitative estimate of drug-likeness (QED) is 0.856. The smallest absolute Gasteiger partial charge is 0.0732 e. The van der Waals surface area contributed by atoms with Crippen LogP contribution in [0.15, 0.2) is 18.2 Å². The fourth-order valence-corrected chi connectivity index (χ4v) is 2.95. The Morgan fingerprint density at radius 3 is 2.18 bits per heavy atom. The average molecular weight is 252 g/mol. The molecular weight excluding hydrogens is 228 g/mol. The second kappa shape index (κ2) is 5.92. The van der Waals surface area contributed by atoms with Gasteiger partial charge in [-0.05, 0) is 32.3 Å². The second-order valence-corrected chi connectivity index (χ2v) is 6.49. The van der Waals surface area contributed by atoms with Gasteiger partial charge in [-0.2, -0.15) is 11.8 Å². The zero-order valence-electron chi connectivity index (χ0n) is 11.6. The van der Waals surface area contributed by atoms with Gasteiger partial charge in [-0.25, -0.2) is 0 Å². The summed E-state index contributed by atoms with van der Waals surface area (Å²) in [4.78, 5) is 0. The Morgan fingerprint density at radius 2 is 1.71 bits per heavy atom. The first-order chi connectivity index (χ1) is 7.81. The molecule has 1 unspecified atom stereocenters. The Hall–Kier alpha value is -0.470. The highest BCUT2D eigenvalue weighted by atomic mass is 32.2. The second-order valence-electron chi connectivity index (χ2n) is 5.50. The summed E-state index contributed by atoms with van der Waals surface area (Å²) in [7, 11) is 0. The van der Waals surface area contributed by atoms with Crippen molar-refractivity contribution in [2.75, 3.05) is 5.75 Å². The third kappa shape index (κ3) is 4.72. The van der Waals surface area contributed by atoms with Crippen LogP contribution in [-0.4, -0.2) is 16.5 Å². The van der Waals surface area contributed by atoms with Crippen molar-refractivity contribution in [2.24, 2.45) is 5.92 Å². The molecule has 1 aromatic rings. The fraction of sp³-hybridized carbons (Fsp3) is 0.600. The Labute approximate surface area is 110 Å². The lowest BCUT2D eigenvalue weighted by molar-refractivity contribution is 0.0376. The fourth-order valence-electron chi connectivity index (χ4n) is 1.69. The minimum Gasteiger partial charge on any atom is -0.389 e. The molecule has 17 heavy (non-hydrogen) atoms. The normalized spacial score (nSPS) is 15.0. The molecule has 0 saturated heterocycles. The van der Waals surface area contributed by atoms with Gasteiger partial charge in [0.2, 0.25) is 0 Å². The van der Waals surface area contributed by atoms with E-state index in [9.17, 15) is 5.11 Å². The number of thioether (sulfide) groups is 1. The van der Waals surface area contributed by atoms with Crippen LogP contribution in [-0.2, 0) is 5.75 Å². The van der Waals surface area contributed by atoms with Gasteiger partial charge < -0.3 is 5.11 Å². The van der Waals surface area contributed by atoms with E-state index in [4.69, 9.17) is 0 Å². The minimum atomic E-state index is -0.566. The SMILES string of the molecule is Cc1cc(C)cc(CSCC(C)(O)C(C)C)c1. The van der Waals surface area contributed by atoms with Crippen LogP contribution in [0, 0.1) is 19.8 Å². The molecule has 0 fully saturated rings. The van der Waals surface area contributed by atoms with E-state index < -0.39 is 5.60 Å². The monoisotopic (exact) mass is 252 g/mol. The summed E-state index contributed by atoms with van der Waals surface area (Å²) in [6.45, 7) is 10.3. The Balaban J connectivity index is 2.51. The van der Waals surface area contributed by atoms with E-state index >= 15 is 0 Å². The van der Waals surface area contributed by atoms with Crippen molar-refractivity contribution in [3.63, 3.8) is 0 Å². The van der Waals surface area contributed by atoms with E-state index in [1.807, 2.05) is 18.7 Å². The summed E-state index contributed by atoms with van der Waals surface area (Å²) in [6, 6.07) is 6.65. The number of rotatable bonds is 5. The number of hydrogen-bond acceptors (Lipinski definition) is 2. The zero-order chi connectivity index (χ0) is 13.1. The van der Waals surface area contributed by atoms with Crippen molar-refractivity contribution in [3.05, 3.63) is 34.9 Å². The molecule has 1 atom stereocenters. The number of aryl methyl sites for hydroxylation is 2. The molecule has 0 saturated carbocycles. The van der Waals surface area contributed by atoms with Crippen LogP contribution in [0.2, 0.25) is 0 Å². The summed E-state index contributed by atoms with van der Waals surface area (Å²) in [5.74, 6) is 2.07. The Bertz CT molecular complexity index is 349. The predicted molar refractivity (Wildman–Crippen MR) is 77.5 cm³/mol. The molecule has 0 radical (unpaired) electrons. The van der Waals surface area contributed by atoms with Gasteiger partial charge in [0.05, 0.1) is 5.60 Å². The highest BCUT2D eigenvalue weighted by Crippen LogP contribution is 2.24. The molecule has 0 aliphatic heterocycles. The Kier molecular flexibility index (Phi) is 5.08. The van der Waals surface area contributed by atoms with Crippen LogP contribution in [0.25, 0.3) is 0 Å². The van der Waals surface area contributed by atoms with Crippen molar-refractivity contribution in [1.29, 1.82) is 0 Å². The molecule has 1 nitrogen and oxygen atoms in total. The van der Waals surface area contributed by atoms with Crippen molar-refractivity contribution in [2.45, 2.75) is 46.0 Å². The van der Waals surface area contributed by atoms with Crippen LogP contribution in [0.5, 0.6) is 0 Å². The van der Waals surface area contributed by atoms with E-state index in [2.05, 4.69) is 45.9 Å². The zero-order valence-corrected chi connectivity index (χ0v) is 12.4. The van der Waals surface area contributed by atoms with Gasteiger partial charge in [0.25, 0.3) is 0 Å². The van der Waals surface area contributed by atoms with E-state index in [0.717, 1.165) is 11.5 Å². The van der Waals surface area contributed by atoms with Crippen molar-refractivity contribution in [3.8, 4) is 0 Å². The summed E-state index contributed by atoms with van der Waals surface area (Å²) in [5, 5.41) is 10.2. The number of hydrogen-bond donors (Lipinski definition) is 1. The van der Waals surface area contributed by atoms with Crippen LogP contribution in [0.3, 0.4) is 0 Å². The standard InChI is InChI=1S/C15H24OS/c1-11(2)15(5,16)10-17-9-14-7-12(3)6-13(4)8-14/h6-8,11,16H,9-10H2,1-5H3. The van der Waals surface area contributed by atoms with Gasteiger partial charge in [0.15, 0.2) is 0 Å². The first-order valence-electron chi connectivity index (χ1n) is 6.18. The first-order valence-corrected chi connectivity index (χ1v) is 7.34. The molecular formula is C15H24OS. The van der Waals surface area contributed by atoms with E-state index in [1.54, 1.807) is 0 Å². The molecule has 0 spiro atoms. The van der Waals surface area contributed by atoms with E-state index in [-0.39, 0.29) is 0 Å². The van der Waals surface area contributed by atoms with Crippen molar-refractivity contribution in [1.82, 2.24) is 0 Å². The topological polar surface area (TPSA) is 20.2 Å². The summed E-state index contributed by atoms with van der Waals surface area (Å²) in [5.41, 5.74) is 3.42. The van der Waals surface area contributed by atoms with Crippen LogP contribution >= 0.6 is 11.8 Å². The summed E-state index contributed by atoms with van der Waals surface area (Å²) < 4.78 is 0. The van der Waals surface area contributed by atoms with Gasteiger partial charge in [0, 0.05) is 11.5 Å². The number of aliphatic hydroxyl groups is 1. The largest absolute Gasteiger partial charge is 0.389 e. The van der Waals surface area contributed by atoms with Gasteiger partial charge in [0.1, 0.15) is 0 Å². The molecule has 0 amide bonds. The van der Waals surface area contributed by atoms with Gasteiger partial charge in [-0.1, -0.05) is 43.2 Å². The van der Waals surface area contributed by atoms with E-state index in [1.165, 1.54) is 16.7 Å². The Morgan fingerprint density at radius 1 is 1.18 bits per heavy atom. The summed E-state index contributed by atoms with van der Waals surface area (Å²) in [6.07, 6.45) is 0. The van der Waals surface area contributed by atoms with Crippen molar-refractivity contribution < 1.29 is 5.11 Å². The molecule has 2 heteroatoms. The molecule has 0 heterocycles. The molecule has 0 aliphatic carbocycles. The van der Waals surface area contributed by atoms with Crippen molar-refractivity contribution >= 4 is 11.8 Å². The molecule has 1 rings (SSSR count). The molecule has 96 valence electrons. The minimum absolute atomic E-state index is 0.300. The van der Waals surface area contributed by atoms with Crippen LogP contribution < -0.4 is 0 Å². The molecule has 0 bridgehead atoms. The van der Waals surface area contributed by atoms with Crippen LogP contribution in [0.1, 0.15) is 37.5 Å². The maximum atomic E-state index is 10.2. The number of benzene rings is 1.